The summed E-state index contributed by atoms with van der Waals surface area (Å²) in [6, 6.07) is 6.97. The lowest BCUT2D eigenvalue weighted by Gasteiger charge is -2.30. The Labute approximate surface area is 159 Å². The van der Waals surface area contributed by atoms with E-state index in [-0.39, 0.29) is 11.5 Å². The molecule has 0 fully saturated rings. The summed E-state index contributed by atoms with van der Waals surface area (Å²) in [6.45, 7) is 1.97. The van der Waals surface area contributed by atoms with Crippen LogP contribution in [-0.4, -0.2) is 17.1 Å². The van der Waals surface area contributed by atoms with Crippen molar-refractivity contribution in [2.45, 2.75) is 25.4 Å². The zero-order valence-electron chi connectivity index (χ0n) is 15.0. The lowest BCUT2D eigenvalue weighted by molar-refractivity contribution is -0.192. The molecule has 2 aromatic rings. The van der Waals surface area contributed by atoms with Crippen LogP contribution in [0, 0.1) is 5.41 Å². The van der Waals surface area contributed by atoms with E-state index >= 15 is 0 Å². The second-order valence-corrected chi connectivity index (χ2v) is 6.91. The molecule has 0 saturated carbocycles. The number of hydrogen-bond donors (Lipinski definition) is 0. The summed E-state index contributed by atoms with van der Waals surface area (Å²) in [5.74, 6) is -0.426. The standard InChI is InChI=1S/C21H17F3N2O2/c1-14(11-18-25-9-10-28-18)15-5-4-7-17(12-15)26-13-16-6-2-3-8-20(16,19(26)27)21(22,23)24/h2-10,12-14H,11H2,1H3/t14?,20-/m1/s1. The highest BCUT2D eigenvalue weighted by molar-refractivity contribution is 6.07. The maximum Gasteiger partial charge on any atom is 0.410 e. The van der Waals surface area contributed by atoms with Gasteiger partial charge in [-0.3, -0.25) is 9.69 Å². The van der Waals surface area contributed by atoms with Gasteiger partial charge in [-0.15, -0.1) is 0 Å². The molecule has 4 rings (SSSR count). The Morgan fingerprint density at radius 1 is 1.29 bits per heavy atom. The number of hydrogen-bond acceptors (Lipinski definition) is 3. The van der Waals surface area contributed by atoms with Crippen molar-refractivity contribution < 1.29 is 22.4 Å². The van der Waals surface area contributed by atoms with Gasteiger partial charge in [0.25, 0.3) is 5.91 Å². The van der Waals surface area contributed by atoms with E-state index in [1.165, 1.54) is 30.7 Å². The van der Waals surface area contributed by atoms with Gasteiger partial charge in [0.05, 0.1) is 6.20 Å². The second-order valence-electron chi connectivity index (χ2n) is 6.91. The molecule has 4 nitrogen and oxygen atoms in total. The van der Waals surface area contributed by atoms with Gasteiger partial charge in [-0.25, -0.2) is 4.98 Å². The van der Waals surface area contributed by atoms with Crippen molar-refractivity contribution in [3.63, 3.8) is 0 Å². The zero-order valence-corrected chi connectivity index (χ0v) is 15.0. The average Bonchev–Trinajstić information content (AvgIpc) is 3.28. The molecule has 1 aliphatic heterocycles. The summed E-state index contributed by atoms with van der Waals surface area (Å²) in [4.78, 5) is 18.1. The third-order valence-corrected chi connectivity index (χ3v) is 5.14. The van der Waals surface area contributed by atoms with Crippen LogP contribution in [0.5, 0.6) is 0 Å². The van der Waals surface area contributed by atoms with Crippen molar-refractivity contribution in [1.82, 2.24) is 4.98 Å². The van der Waals surface area contributed by atoms with E-state index in [2.05, 4.69) is 4.98 Å². The van der Waals surface area contributed by atoms with Crippen molar-refractivity contribution in [2.75, 3.05) is 4.90 Å². The lowest BCUT2D eigenvalue weighted by Crippen LogP contribution is -2.46. The van der Waals surface area contributed by atoms with E-state index in [1.807, 2.05) is 13.0 Å². The largest absolute Gasteiger partial charge is 0.449 e. The summed E-state index contributed by atoms with van der Waals surface area (Å²) >= 11 is 0. The van der Waals surface area contributed by atoms with Gasteiger partial charge in [-0.05, 0) is 29.2 Å². The number of oxazole rings is 1. The number of benzene rings is 1. The van der Waals surface area contributed by atoms with Gasteiger partial charge in [0.2, 0.25) is 0 Å². The third-order valence-electron chi connectivity index (χ3n) is 5.14. The molecule has 1 unspecified atom stereocenters. The molecule has 144 valence electrons. The number of amides is 1. The number of rotatable bonds is 4. The number of anilines is 1. The number of nitrogens with zero attached hydrogens (tertiary/aromatic N) is 2. The van der Waals surface area contributed by atoms with Crippen LogP contribution in [0.4, 0.5) is 18.9 Å². The molecule has 0 bridgehead atoms. The van der Waals surface area contributed by atoms with E-state index in [0.29, 0.717) is 18.0 Å². The first kappa shape index (κ1) is 18.3. The summed E-state index contributed by atoms with van der Waals surface area (Å²) in [7, 11) is 0. The van der Waals surface area contributed by atoms with Gasteiger partial charge in [-0.2, -0.15) is 13.2 Å². The van der Waals surface area contributed by atoms with Crippen LogP contribution >= 0.6 is 0 Å². The molecule has 1 aromatic carbocycles. The molecule has 0 radical (unpaired) electrons. The minimum atomic E-state index is -4.72. The van der Waals surface area contributed by atoms with Gasteiger partial charge >= 0.3 is 6.18 Å². The number of alkyl halides is 3. The van der Waals surface area contributed by atoms with Crippen LogP contribution in [-0.2, 0) is 11.2 Å². The van der Waals surface area contributed by atoms with Gasteiger partial charge < -0.3 is 4.42 Å². The van der Waals surface area contributed by atoms with Crippen molar-refractivity contribution in [2.24, 2.45) is 5.41 Å². The third kappa shape index (κ3) is 2.78. The molecule has 2 aliphatic rings. The molecular formula is C21H17F3N2O2. The molecule has 0 N–H and O–H groups in total. The summed E-state index contributed by atoms with van der Waals surface area (Å²) in [6.07, 6.45) is 5.18. The van der Waals surface area contributed by atoms with Gasteiger partial charge in [0, 0.05) is 18.3 Å². The van der Waals surface area contributed by atoms with Crippen molar-refractivity contribution >= 4 is 11.6 Å². The Bertz CT molecular complexity index is 989. The van der Waals surface area contributed by atoms with Crippen molar-refractivity contribution in [3.05, 3.63) is 84.3 Å². The molecule has 0 spiro atoms. The van der Waals surface area contributed by atoms with Crippen molar-refractivity contribution in [3.8, 4) is 0 Å². The molecular weight excluding hydrogens is 369 g/mol. The van der Waals surface area contributed by atoms with Crippen LogP contribution in [0.2, 0.25) is 0 Å². The molecule has 0 saturated heterocycles. The SMILES string of the molecule is CC(Cc1ncco1)c1cccc(N2C=C3C=CC=C[C@]3(C(F)(F)F)C2=O)c1. The zero-order chi connectivity index (χ0) is 19.9. The average molecular weight is 386 g/mol. The Morgan fingerprint density at radius 3 is 2.79 bits per heavy atom. The van der Waals surface area contributed by atoms with E-state index in [4.69, 9.17) is 4.42 Å². The van der Waals surface area contributed by atoms with Gasteiger partial charge in [0.15, 0.2) is 11.3 Å². The van der Waals surface area contributed by atoms with Crippen LogP contribution in [0.15, 0.2) is 77.2 Å². The Kier molecular flexibility index (Phi) is 4.25. The predicted octanol–water partition coefficient (Wildman–Crippen LogP) is 4.93. The molecule has 7 heteroatoms. The second kappa shape index (κ2) is 6.51. The first-order valence-electron chi connectivity index (χ1n) is 8.80. The van der Waals surface area contributed by atoms with Crippen LogP contribution < -0.4 is 4.90 Å². The fourth-order valence-corrected chi connectivity index (χ4v) is 3.60. The minimum absolute atomic E-state index is 0.0163. The molecule has 1 amide bonds. The van der Waals surface area contributed by atoms with Crippen LogP contribution in [0.3, 0.4) is 0 Å². The van der Waals surface area contributed by atoms with E-state index < -0.39 is 17.5 Å². The van der Waals surface area contributed by atoms with E-state index in [9.17, 15) is 18.0 Å². The molecule has 2 heterocycles. The number of carbonyl (C=O) groups is 1. The normalized spacial score (nSPS) is 22.4. The minimum Gasteiger partial charge on any atom is -0.449 e. The van der Waals surface area contributed by atoms with E-state index in [0.717, 1.165) is 16.5 Å². The Morgan fingerprint density at radius 2 is 2.11 bits per heavy atom. The van der Waals surface area contributed by atoms with E-state index in [1.54, 1.807) is 24.4 Å². The number of allylic oxidation sites excluding steroid dienone is 3. The number of halogens is 3. The lowest BCUT2D eigenvalue weighted by atomic mass is 9.78. The van der Waals surface area contributed by atoms with Crippen LogP contribution in [0.1, 0.15) is 24.3 Å². The topological polar surface area (TPSA) is 46.3 Å². The first-order chi connectivity index (χ1) is 13.3. The van der Waals surface area contributed by atoms with Crippen LogP contribution in [0.25, 0.3) is 0 Å². The maximum atomic E-state index is 13.9. The van der Waals surface area contributed by atoms with Gasteiger partial charge in [-0.1, -0.05) is 43.4 Å². The summed E-state index contributed by atoms with van der Waals surface area (Å²) in [5, 5.41) is 0. The first-order valence-corrected chi connectivity index (χ1v) is 8.80. The summed E-state index contributed by atoms with van der Waals surface area (Å²) < 4.78 is 46.8. The molecule has 28 heavy (non-hydrogen) atoms. The summed E-state index contributed by atoms with van der Waals surface area (Å²) in [5.41, 5.74) is -1.43. The van der Waals surface area contributed by atoms with Gasteiger partial charge in [0.1, 0.15) is 6.26 Å². The smallest absolute Gasteiger partial charge is 0.410 e. The highest BCUT2D eigenvalue weighted by Gasteiger charge is 2.64. The quantitative estimate of drug-likeness (QED) is 0.749. The highest BCUT2D eigenvalue weighted by atomic mass is 19.4. The Balaban J connectivity index is 1.67. The fraction of sp³-hybridized carbons (Fsp3) is 0.238. The number of carbonyl (C=O) groups excluding carboxylic acids is 1. The molecule has 2 atom stereocenters. The van der Waals surface area contributed by atoms with Crippen molar-refractivity contribution in [1.29, 1.82) is 0 Å². The number of fused-ring (bicyclic) bond motifs is 1. The maximum absolute atomic E-state index is 13.9. The highest BCUT2D eigenvalue weighted by Crippen LogP contribution is 2.52. The fourth-order valence-electron chi connectivity index (χ4n) is 3.60. The monoisotopic (exact) mass is 386 g/mol. The number of aromatic nitrogens is 1. The molecule has 1 aliphatic carbocycles. The molecule has 1 aromatic heterocycles. The Hall–Kier alpha value is -3.09. The predicted molar refractivity (Wildman–Crippen MR) is 97.4 cm³/mol.